The van der Waals surface area contributed by atoms with Crippen molar-refractivity contribution in [3.63, 3.8) is 0 Å². The van der Waals surface area contributed by atoms with Gasteiger partial charge in [-0.15, -0.1) is 24.8 Å². The molecule has 0 spiro atoms. The first-order chi connectivity index (χ1) is 12.3. The Kier molecular flexibility index (Phi) is 8.87. The molecule has 3 unspecified atom stereocenters. The molecule has 3 fully saturated rings. The van der Waals surface area contributed by atoms with Crippen LogP contribution >= 0.6 is 24.8 Å². The van der Waals surface area contributed by atoms with Crippen molar-refractivity contribution in [2.45, 2.75) is 70.1 Å². The van der Waals surface area contributed by atoms with Gasteiger partial charge in [0.25, 0.3) is 0 Å². The zero-order valence-corrected chi connectivity index (χ0v) is 17.6. The van der Waals surface area contributed by atoms with Crippen LogP contribution in [0.2, 0.25) is 0 Å². The maximum absolute atomic E-state index is 12.6. The second-order valence-corrected chi connectivity index (χ2v) is 8.08. The Morgan fingerprint density at radius 2 is 1.74 bits per heavy atom. The molecule has 0 bridgehead atoms. The zero-order valence-electron chi connectivity index (χ0n) is 16.0. The average molecular weight is 414 g/mol. The summed E-state index contributed by atoms with van der Waals surface area (Å²) >= 11 is 0. The van der Waals surface area contributed by atoms with Crippen molar-refractivity contribution in [3.05, 3.63) is 35.4 Å². The van der Waals surface area contributed by atoms with Crippen LogP contribution in [-0.4, -0.2) is 36.0 Å². The normalized spacial score (nSPS) is 27.3. The minimum absolute atomic E-state index is 0. The second kappa shape index (κ2) is 10.7. The molecule has 3 aliphatic rings. The number of nitrogens with one attached hydrogen (secondary N) is 2. The number of hydrogen-bond donors (Lipinski definition) is 2. The zero-order chi connectivity index (χ0) is 17.1. The molecule has 1 aliphatic carbocycles. The SMILES string of the molecule is Cl.Cl.O=C(NCc1ccccc1CN1CCCC1)C1CC2CCCCC2N1. The average Bonchev–Trinajstić information content (AvgIpc) is 3.30. The molecule has 6 heteroatoms. The van der Waals surface area contributed by atoms with Crippen LogP contribution in [0.1, 0.15) is 56.1 Å². The van der Waals surface area contributed by atoms with Crippen molar-refractivity contribution in [2.75, 3.05) is 13.1 Å². The minimum atomic E-state index is 0. The van der Waals surface area contributed by atoms with Crippen LogP contribution in [0.4, 0.5) is 0 Å². The Labute approximate surface area is 175 Å². The molecule has 0 radical (unpaired) electrons. The Morgan fingerprint density at radius 3 is 2.48 bits per heavy atom. The lowest BCUT2D eigenvalue weighted by molar-refractivity contribution is -0.123. The number of nitrogens with zero attached hydrogens (tertiary/aromatic N) is 1. The van der Waals surface area contributed by atoms with Gasteiger partial charge in [-0.05, 0) is 62.2 Å². The van der Waals surface area contributed by atoms with E-state index in [1.165, 1.54) is 62.7 Å². The highest BCUT2D eigenvalue weighted by Gasteiger charge is 2.38. The van der Waals surface area contributed by atoms with E-state index in [-0.39, 0.29) is 36.8 Å². The number of rotatable bonds is 5. The lowest BCUT2D eigenvalue weighted by atomic mass is 9.85. The van der Waals surface area contributed by atoms with E-state index in [1.807, 2.05) is 0 Å². The Balaban J connectivity index is 0.00000131. The van der Waals surface area contributed by atoms with E-state index in [2.05, 4.69) is 39.8 Å². The number of carbonyl (C=O) groups is 1. The summed E-state index contributed by atoms with van der Waals surface area (Å²) in [5.74, 6) is 0.900. The van der Waals surface area contributed by atoms with Crippen LogP contribution < -0.4 is 10.6 Å². The van der Waals surface area contributed by atoms with Crippen molar-refractivity contribution >= 4 is 30.7 Å². The van der Waals surface area contributed by atoms with Gasteiger partial charge in [0, 0.05) is 19.1 Å². The third-order valence-corrected chi connectivity index (χ3v) is 6.34. The smallest absolute Gasteiger partial charge is 0.237 e. The number of carbonyl (C=O) groups excluding carboxylic acids is 1. The van der Waals surface area contributed by atoms with Gasteiger partial charge in [0.15, 0.2) is 0 Å². The highest BCUT2D eigenvalue weighted by atomic mass is 35.5. The van der Waals surface area contributed by atoms with E-state index in [4.69, 9.17) is 0 Å². The highest BCUT2D eigenvalue weighted by molar-refractivity contribution is 5.85. The van der Waals surface area contributed by atoms with Crippen LogP contribution in [0.15, 0.2) is 24.3 Å². The van der Waals surface area contributed by atoms with E-state index in [0.29, 0.717) is 18.5 Å². The molecular weight excluding hydrogens is 381 g/mol. The molecule has 4 nitrogen and oxygen atoms in total. The standard InChI is InChI=1S/C21H31N3O.2ClH/c25-21(20-13-16-7-3-4-10-19(16)23-20)22-14-17-8-1-2-9-18(17)15-24-11-5-6-12-24;;/h1-2,8-9,16,19-20,23H,3-7,10-15H2,(H,22,25);2*1H. The van der Waals surface area contributed by atoms with Crippen molar-refractivity contribution in [1.82, 2.24) is 15.5 Å². The maximum Gasteiger partial charge on any atom is 0.237 e. The first-order valence-electron chi connectivity index (χ1n) is 10.1. The Morgan fingerprint density at radius 1 is 1.04 bits per heavy atom. The summed E-state index contributed by atoms with van der Waals surface area (Å²) in [4.78, 5) is 15.2. The number of likely N-dealkylation sites (tertiary alicyclic amines) is 1. The van der Waals surface area contributed by atoms with Gasteiger partial charge in [-0.25, -0.2) is 0 Å². The fourth-order valence-electron chi connectivity index (χ4n) is 4.89. The van der Waals surface area contributed by atoms with Gasteiger partial charge in [-0.2, -0.15) is 0 Å². The number of benzene rings is 1. The van der Waals surface area contributed by atoms with E-state index >= 15 is 0 Å². The van der Waals surface area contributed by atoms with E-state index < -0.39 is 0 Å². The number of halogens is 2. The van der Waals surface area contributed by atoms with Gasteiger partial charge in [0.1, 0.15) is 0 Å². The third-order valence-electron chi connectivity index (χ3n) is 6.34. The first-order valence-corrected chi connectivity index (χ1v) is 10.1. The summed E-state index contributed by atoms with van der Waals surface area (Å²) in [6.07, 6.45) is 8.83. The maximum atomic E-state index is 12.6. The lowest BCUT2D eigenvalue weighted by Crippen LogP contribution is -2.43. The van der Waals surface area contributed by atoms with Crippen LogP contribution in [0, 0.1) is 5.92 Å². The van der Waals surface area contributed by atoms with Crippen LogP contribution in [0.3, 0.4) is 0 Å². The summed E-state index contributed by atoms with van der Waals surface area (Å²) in [7, 11) is 0. The molecule has 1 aromatic carbocycles. The third kappa shape index (κ3) is 5.60. The van der Waals surface area contributed by atoms with E-state index in [0.717, 1.165) is 13.0 Å². The van der Waals surface area contributed by atoms with Gasteiger partial charge < -0.3 is 10.6 Å². The van der Waals surface area contributed by atoms with Gasteiger partial charge in [-0.1, -0.05) is 37.1 Å². The molecule has 0 aromatic heterocycles. The molecule has 2 aliphatic heterocycles. The summed E-state index contributed by atoms with van der Waals surface area (Å²) in [6, 6.07) is 9.15. The van der Waals surface area contributed by atoms with Crippen LogP contribution in [0.25, 0.3) is 0 Å². The topological polar surface area (TPSA) is 44.4 Å². The van der Waals surface area contributed by atoms with Crippen molar-refractivity contribution in [2.24, 2.45) is 5.92 Å². The van der Waals surface area contributed by atoms with E-state index in [9.17, 15) is 4.79 Å². The lowest BCUT2D eigenvalue weighted by Gasteiger charge is -2.24. The molecule has 2 heterocycles. The molecule has 1 aromatic rings. The molecule has 1 amide bonds. The van der Waals surface area contributed by atoms with Crippen molar-refractivity contribution in [1.29, 1.82) is 0 Å². The predicted octanol–water partition coefficient (Wildman–Crippen LogP) is 3.66. The molecule has 2 saturated heterocycles. The monoisotopic (exact) mass is 413 g/mol. The van der Waals surface area contributed by atoms with Crippen molar-refractivity contribution in [3.8, 4) is 0 Å². The van der Waals surface area contributed by atoms with Gasteiger partial charge in [0.05, 0.1) is 6.04 Å². The molecule has 2 N–H and O–H groups in total. The quantitative estimate of drug-likeness (QED) is 0.773. The second-order valence-electron chi connectivity index (χ2n) is 8.08. The first kappa shape index (κ1) is 22.5. The summed E-state index contributed by atoms with van der Waals surface area (Å²) in [5, 5.41) is 6.78. The summed E-state index contributed by atoms with van der Waals surface area (Å²) in [5.41, 5.74) is 2.62. The molecule has 1 saturated carbocycles. The Hall–Kier alpha value is -0.810. The molecule has 27 heavy (non-hydrogen) atoms. The van der Waals surface area contributed by atoms with Crippen LogP contribution in [0.5, 0.6) is 0 Å². The fourth-order valence-corrected chi connectivity index (χ4v) is 4.89. The number of hydrogen-bond acceptors (Lipinski definition) is 3. The van der Waals surface area contributed by atoms with Gasteiger partial charge in [0.2, 0.25) is 5.91 Å². The van der Waals surface area contributed by atoms with Gasteiger partial charge in [-0.3, -0.25) is 9.69 Å². The Bertz CT molecular complexity index is 593. The minimum Gasteiger partial charge on any atom is -0.351 e. The molecule has 3 atom stereocenters. The molecule has 152 valence electrons. The van der Waals surface area contributed by atoms with Crippen LogP contribution in [-0.2, 0) is 17.9 Å². The highest BCUT2D eigenvalue weighted by Crippen LogP contribution is 2.33. The number of fused-ring (bicyclic) bond motifs is 1. The molecular formula is C21H33Cl2N3O. The fraction of sp³-hybridized carbons (Fsp3) is 0.667. The van der Waals surface area contributed by atoms with Crippen molar-refractivity contribution < 1.29 is 4.79 Å². The molecule has 4 rings (SSSR count). The predicted molar refractivity (Wildman–Crippen MR) is 115 cm³/mol. The van der Waals surface area contributed by atoms with E-state index in [1.54, 1.807) is 0 Å². The number of amides is 1. The summed E-state index contributed by atoms with van der Waals surface area (Å²) in [6.45, 7) is 4.07. The van der Waals surface area contributed by atoms with Gasteiger partial charge >= 0.3 is 0 Å². The largest absolute Gasteiger partial charge is 0.351 e. The summed E-state index contributed by atoms with van der Waals surface area (Å²) < 4.78 is 0.